The standard InChI is InChI=1S/C19H14FN5O4/c1-2-29-19(26)18-22-16-10-21-17(12-5-3-4-6-14(12)20)13-9-11(25(27)28)7-8-15(13)24(16)23-18/h3-9H,2,10H2,1H3. The van der Waals surface area contributed by atoms with Crippen molar-refractivity contribution >= 4 is 17.4 Å². The Morgan fingerprint density at radius 2 is 2.07 bits per heavy atom. The summed E-state index contributed by atoms with van der Waals surface area (Å²) in [5.41, 5.74) is 0.968. The first kappa shape index (κ1) is 18.4. The number of rotatable bonds is 4. The fraction of sp³-hybridized carbons (Fsp3) is 0.158. The van der Waals surface area contributed by atoms with E-state index in [2.05, 4.69) is 15.1 Å². The van der Waals surface area contributed by atoms with E-state index >= 15 is 0 Å². The Morgan fingerprint density at radius 1 is 1.28 bits per heavy atom. The Kier molecular flexibility index (Phi) is 4.59. The first-order valence-electron chi connectivity index (χ1n) is 8.71. The predicted molar refractivity (Wildman–Crippen MR) is 99.7 cm³/mol. The Balaban J connectivity index is 1.93. The summed E-state index contributed by atoms with van der Waals surface area (Å²) in [5, 5.41) is 15.5. The van der Waals surface area contributed by atoms with Crippen LogP contribution in [0.15, 0.2) is 47.5 Å². The number of nitro groups is 1. The van der Waals surface area contributed by atoms with E-state index in [0.717, 1.165) is 0 Å². The highest BCUT2D eigenvalue weighted by atomic mass is 19.1. The molecule has 0 aliphatic carbocycles. The molecular weight excluding hydrogens is 381 g/mol. The molecule has 4 rings (SSSR count). The summed E-state index contributed by atoms with van der Waals surface area (Å²) < 4.78 is 20.8. The van der Waals surface area contributed by atoms with Gasteiger partial charge in [-0.3, -0.25) is 15.1 Å². The van der Waals surface area contributed by atoms with Gasteiger partial charge in [-0.05, 0) is 25.1 Å². The molecule has 2 heterocycles. The van der Waals surface area contributed by atoms with Crippen molar-refractivity contribution in [2.75, 3.05) is 6.61 Å². The van der Waals surface area contributed by atoms with Crippen LogP contribution in [0.2, 0.25) is 0 Å². The highest BCUT2D eigenvalue weighted by molar-refractivity contribution is 6.15. The lowest BCUT2D eigenvalue weighted by atomic mass is 9.99. The lowest BCUT2D eigenvalue weighted by Gasteiger charge is -2.11. The quantitative estimate of drug-likeness (QED) is 0.381. The molecule has 1 aliphatic rings. The van der Waals surface area contributed by atoms with Crippen LogP contribution in [0.3, 0.4) is 0 Å². The summed E-state index contributed by atoms with van der Waals surface area (Å²) in [5.74, 6) is -1.01. The summed E-state index contributed by atoms with van der Waals surface area (Å²) >= 11 is 0. The Labute approximate surface area is 163 Å². The molecule has 2 aromatic carbocycles. The maximum Gasteiger partial charge on any atom is 0.378 e. The normalized spacial score (nSPS) is 12.4. The number of esters is 1. The van der Waals surface area contributed by atoms with Crippen molar-refractivity contribution in [3.05, 3.63) is 81.2 Å². The average molecular weight is 395 g/mol. The van der Waals surface area contributed by atoms with Crippen LogP contribution in [0.1, 0.15) is 34.5 Å². The molecule has 0 saturated heterocycles. The van der Waals surface area contributed by atoms with Gasteiger partial charge in [0.25, 0.3) is 11.5 Å². The lowest BCUT2D eigenvalue weighted by molar-refractivity contribution is -0.384. The van der Waals surface area contributed by atoms with Crippen LogP contribution in [0, 0.1) is 15.9 Å². The molecule has 0 fully saturated rings. The average Bonchev–Trinajstić information content (AvgIpc) is 3.07. The number of nitro benzene ring substituents is 1. The van der Waals surface area contributed by atoms with Gasteiger partial charge in [0.05, 0.1) is 29.5 Å². The molecule has 0 amide bonds. The molecule has 3 aromatic rings. The molecule has 9 nitrogen and oxygen atoms in total. The number of benzene rings is 2. The molecule has 29 heavy (non-hydrogen) atoms. The monoisotopic (exact) mass is 395 g/mol. The minimum Gasteiger partial charge on any atom is -0.460 e. The van der Waals surface area contributed by atoms with Gasteiger partial charge in [-0.2, -0.15) is 0 Å². The van der Waals surface area contributed by atoms with E-state index in [-0.39, 0.29) is 35.9 Å². The van der Waals surface area contributed by atoms with E-state index in [1.54, 1.807) is 25.1 Å². The summed E-state index contributed by atoms with van der Waals surface area (Å²) in [6, 6.07) is 10.1. The van der Waals surface area contributed by atoms with Crippen LogP contribution in [0.25, 0.3) is 5.69 Å². The third-order valence-electron chi connectivity index (χ3n) is 4.31. The molecule has 0 spiro atoms. The largest absolute Gasteiger partial charge is 0.460 e. The molecular formula is C19H14FN5O4. The molecule has 1 aliphatic heterocycles. The van der Waals surface area contributed by atoms with Gasteiger partial charge in [0, 0.05) is 23.3 Å². The van der Waals surface area contributed by atoms with Gasteiger partial charge in [-0.15, -0.1) is 5.10 Å². The molecule has 0 unspecified atom stereocenters. The van der Waals surface area contributed by atoms with E-state index in [1.807, 2.05) is 0 Å². The number of fused-ring (bicyclic) bond motifs is 3. The van der Waals surface area contributed by atoms with Crippen LogP contribution in [-0.2, 0) is 11.3 Å². The van der Waals surface area contributed by atoms with Gasteiger partial charge < -0.3 is 4.74 Å². The first-order chi connectivity index (χ1) is 14.0. The number of hydrogen-bond donors (Lipinski definition) is 0. The summed E-state index contributed by atoms with van der Waals surface area (Å²) in [6.45, 7) is 1.83. The Hall–Kier alpha value is -3.95. The second kappa shape index (κ2) is 7.23. The van der Waals surface area contributed by atoms with Crippen LogP contribution < -0.4 is 0 Å². The smallest absolute Gasteiger partial charge is 0.378 e. The molecule has 0 bridgehead atoms. The van der Waals surface area contributed by atoms with Crippen LogP contribution in [-0.4, -0.2) is 38.0 Å². The van der Waals surface area contributed by atoms with Gasteiger partial charge >= 0.3 is 5.97 Å². The topological polar surface area (TPSA) is 113 Å². The first-order valence-corrected chi connectivity index (χ1v) is 8.71. The van der Waals surface area contributed by atoms with Gasteiger partial charge in [-0.25, -0.2) is 18.9 Å². The second-order valence-electron chi connectivity index (χ2n) is 6.09. The van der Waals surface area contributed by atoms with Gasteiger partial charge in [0.2, 0.25) is 0 Å². The SMILES string of the molecule is CCOC(=O)c1nc2n(n1)-c1ccc([N+](=O)[O-])cc1C(c1ccccc1F)=NC2. The number of halogens is 1. The number of ether oxygens (including phenoxy) is 1. The maximum absolute atomic E-state index is 14.5. The van der Waals surface area contributed by atoms with Crippen molar-refractivity contribution in [2.45, 2.75) is 13.5 Å². The Morgan fingerprint density at radius 3 is 2.79 bits per heavy atom. The Bertz CT molecular complexity index is 1170. The number of non-ortho nitro benzene ring substituents is 1. The third kappa shape index (κ3) is 3.24. The van der Waals surface area contributed by atoms with Crippen LogP contribution >= 0.6 is 0 Å². The minimum absolute atomic E-state index is 0.00144. The van der Waals surface area contributed by atoms with Crippen molar-refractivity contribution in [2.24, 2.45) is 4.99 Å². The van der Waals surface area contributed by atoms with Gasteiger partial charge in [0.15, 0.2) is 5.82 Å². The fourth-order valence-corrected chi connectivity index (χ4v) is 3.05. The summed E-state index contributed by atoms with van der Waals surface area (Å²) in [4.78, 5) is 31.4. The van der Waals surface area contributed by atoms with Crippen molar-refractivity contribution in [1.82, 2.24) is 14.8 Å². The lowest BCUT2D eigenvalue weighted by Crippen LogP contribution is -2.11. The molecule has 146 valence electrons. The minimum atomic E-state index is -0.685. The third-order valence-corrected chi connectivity index (χ3v) is 4.31. The number of aromatic nitrogens is 3. The van der Waals surface area contributed by atoms with E-state index in [1.165, 1.54) is 28.9 Å². The highest BCUT2D eigenvalue weighted by Gasteiger charge is 2.27. The van der Waals surface area contributed by atoms with E-state index in [0.29, 0.717) is 17.1 Å². The molecule has 0 N–H and O–H groups in total. The molecule has 1 aromatic heterocycles. The predicted octanol–water partition coefficient (Wildman–Crippen LogP) is 2.84. The van der Waals surface area contributed by atoms with Crippen molar-refractivity contribution < 1.29 is 18.8 Å². The van der Waals surface area contributed by atoms with Crippen molar-refractivity contribution in [3.63, 3.8) is 0 Å². The summed E-state index contributed by atoms with van der Waals surface area (Å²) in [7, 11) is 0. The zero-order valence-corrected chi connectivity index (χ0v) is 15.2. The fourth-order valence-electron chi connectivity index (χ4n) is 3.05. The van der Waals surface area contributed by atoms with Crippen LogP contribution in [0.5, 0.6) is 0 Å². The van der Waals surface area contributed by atoms with Crippen molar-refractivity contribution in [3.8, 4) is 5.69 Å². The van der Waals surface area contributed by atoms with Gasteiger partial charge in [-0.1, -0.05) is 12.1 Å². The second-order valence-corrected chi connectivity index (χ2v) is 6.09. The molecule has 0 saturated carbocycles. The molecule has 10 heteroatoms. The number of hydrogen-bond acceptors (Lipinski definition) is 7. The van der Waals surface area contributed by atoms with Crippen LogP contribution in [0.4, 0.5) is 10.1 Å². The van der Waals surface area contributed by atoms with Crippen molar-refractivity contribution in [1.29, 1.82) is 0 Å². The molecule has 0 atom stereocenters. The number of aliphatic imine (C=N–C) groups is 1. The number of carbonyl (C=O) groups excluding carboxylic acids is 1. The van der Waals surface area contributed by atoms with E-state index < -0.39 is 16.7 Å². The summed E-state index contributed by atoms with van der Waals surface area (Å²) in [6.07, 6.45) is 0. The zero-order valence-electron chi connectivity index (χ0n) is 15.2. The highest BCUT2D eigenvalue weighted by Crippen LogP contribution is 2.28. The zero-order chi connectivity index (χ0) is 20.5. The van der Waals surface area contributed by atoms with E-state index in [9.17, 15) is 19.3 Å². The molecule has 0 radical (unpaired) electrons. The van der Waals surface area contributed by atoms with E-state index in [4.69, 9.17) is 4.74 Å². The maximum atomic E-state index is 14.5. The number of nitrogens with zero attached hydrogens (tertiary/aromatic N) is 5. The van der Waals surface area contributed by atoms with Gasteiger partial charge in [0.1, 0.15) is 5.82 Å². The number of carbonyl (C=O) groups is 1.